The summed E-state index contributed by atoms with van der Waals surface area (Å²) < 4.78 is 28.9. The Bertz CT molecular complexity index is 1550. The van der Waals surface area contributed by atoms with E-state index in [4.69, 9.17) is 11.6 Å². The van der Waals surface area contributed by atoms with Crippen molar-refractivity contribution in [2.75, 3.05) is 5.88 Å². The number of aryl methyl sites for hydroxylation is 1. The first-order valence-corrected chi connectivity index (χ1v) is 16.4. The minimum atomic E-state index is -4.18. The summed E-state index contributed by atoms with van der Waals surface area (Å²) in [5.41, 5.74) is 3.07. The zero-order valence-corrected chi connectivity index (χ0v) is 26.4. The standard InChI is InChI=1S/C31H36ClN3O5S2/c1-20-11-8-9-14-23(20)18-33-29(37)28-31(3,4)41-19-35(28)30(38)27(36)25(17-22-12-6-5-7-13-22)34-42(39,40)26-16-10-15-24(32)21(26)2/h5-16,25,27-28,34,36H,17-19H2,1-4H3,(H,33,37). The maximum absolute atomic E-state index is 13.9. The molecule has 0 aromatic heterocycles. The number of halogens is 1. The van der Waals surface area contributed by atoms with E-state index in [9.17, 15) is 23.1 Å². The molecule has 0 bridgehead atoms. The van der Waals surface area contributed by atoms with E-state index >= 15 is 0 Å². The molecule has 0 aliphatic carbocycles. The second-order valence-corrected chi connectivity index (χ2v) is 14.6. The molecule has 1 aliphatic rings. The van der Waals surface area contributed by atoms with Crippen LogP contribution in [0.1, 0.15) is 36.1 Å². The van der Waals surface area contributed by atoms with Crippen LogP contribution in [0.5, 0.6) is 0 Å². The molecule has 2 amide bonds. The third-order valence-electron chi connectivity index (χ3n) is 7.54. The van der Waals surface area contributed by atoms with Gasteiger partial charge < -0.3 is 15.3 Å². The number of rotatable bonds is 10. The highest BCUT2D eigenvalue weighted by molar-refractivity contribution is 8.00. The molecule has 11 heteroatoms. The van der Waals surface area contributed by atoms with Crippen molar-refractivity contribution in [2.24, 2.45) is 0 Å². The van der Waals surface area contributed by atoms with Crippen molar-refractivity contribution in [2.45, 2.75) is 68.5 Å². The van der Waals surface area contributed by atoms with E-state index in [0.717, 1.165) is 16.7 Å². The van der Waals surface area contributed by atoms with Crippen molar-refractivity contribution >= 4 is 45.2 Å². The number of benzene rings is 3. The smallest absolute Gasteiger partial charge is 0.254 e. The third-order valence-corrected chi connectivity index (χ3v) is 11.0. The van der Waals surface area contributed by atoms with Crippen molar-refractivity contribution < 1.29 is 23.1 Å². The van der Waals surface area contributed by atoms with Crippen LogP contribution in [-0.2, 0) is 32.6 Å². The molecule has 0 saturated carbocycles. The highest BCUT2D eigenvalue weighted by atomic mass is 35.5. The van der Waals surface area contributed by atoms with Crippen LogP contribution in [-0.4, -0.2) is 59.1 Å². The number of hydrogen-bond acceptors (Lipinski definition) is 6. The molecule has 3 unspecified atom stereocenters. The average molecular weight is 630 g/mol. The molecule has 3 aromatic rings. The van der Waals surface area contributed by atoms with Crippen LogP contribution >= 0.6 is 23.4 Å². The fourth-order valence-corrected chi connectivity index (χ4v) is 7.95. The molecule has 224 valence electrons. The van der Waals surface area contributed by atoms with Gasteiger partial charge in [0.2, 0.25) is 15.9 Å². The van der Waals surface area contributed by atoms with Gasteiger partial charge in [-0.2, -0.15) is 0 Å². The Morgan fingerprint density at radius 2 is 1.71 bits per heavy atom. The fraction of sp³-hybridized carbons (Fsp3) is 0.355. The van der Waals surface area contributed by atoms with Crippen molar-refractivity contribution in [1.29, 1.82) is 0 Å². The minimum Gasteiger partial charge on any atom is -0.382 e. The molecule has 3 N–H and O–H groups in total. The number of carbonyl (C=O) groups excluding carboxylic acids is 2. The number of nitrogens with one attached hydrogen (secondary N) is 2. The molecule has 42 heavy (non-hydrogen) atoms. The summed E-state index contributed by atoms with van der Waals surface area (Å²) in [5.74, 6) is -0.900. The number of sulfonamides is 1. The number of hydrogen-bond donors (Lipinski definition) is 3. The predicted octanol–water partition coefficient (Wildman–Crippen LogP) is 4.20. The predicted molar refractivity (Wildman–Crippen MR) is 167 cm³/mol. The van der Waals surface area contributed by atoms with Gasteiger partial charge in [-0.3, -0.25) is 9.59 Å². The first kappa shape index (κ1) is 32.0. The van der Waals surface area contributed by atoms with Gasteiger partial charge in [-0.25, -0.2) is 13.1 Å². The van der Waals surface area contributed by atoms with E-state index in [1.807, 2.05) is 51.1 Å². The quantitative estimate of drug-likeness (QED) is 0.310. The van der Waals surface area contributed by atoms with Crippen LogP contribution in [0.3, 0.4) is 0 Å². The number of amides is 2. The Labute approximate surface area is 256 Å². The normalized spacial score (nSPS) is 18.0. The van der Waals surface area contributed by atoms with Gasteiger partial charge in [-0.15, -0.1) is 11.8 Å². The Kier molecular flexibility index (Phi) is 10.1. The topological polar surface area (TPSA) is 116 Å². The first-order chi connectivity index (χ1) is 19.8. The van der Waals surface area contributed by atoms with Crippen molar-refractivity contribution in [3.63, 3.8) is 0 Å². The number of aliphatic hydroxyl groups excluding tert-OH is 1. The van der Waals surface area contributed by atoms with E-state index in [2.05, 4.69) is 10.0 Å². The Hall–Kier alpha value is -2.89. The van der Waals surface area contributed by atoms with Crippen LogP contribution in [0.15, 0.2) is 77.7 Å². The summed E-state index contributed by atoms with van der Waals surface area (Å²) >= 11 is 7.61. The molecular weight excluding hydrogens is 594 g/mol. The second-order valence-electron chi connectivity index (χ2n) is 11.0. The summed E-state index contributed by atoms with van der Waals surface area (Å²) in [7, 11) is -4.18. The summed E-state index contributed by atoms with van der Waals surface area (Å²) in [6, 6.07) is 19.2. The molecule has 0 spiro atoms. The van der Waals surface area contributed by atoms with Gasteiger partial charge in [-0.05, 0) is 68.5 Å². The third kappa shape index (κ3) is 7.18. The van der Waals surface area contributed by atoms with E-state index in [1.165, 1.54) is 28.8 Å². The van der Waals surface area contributed by atoms with E-state index in [0.29, 0.717) is 12.1 Å². The summed E-state index contributed by atoms with van der Waals surface area (Å²) in [6.45, 7) is 7.60. The van der Waals surface area contributed by atoms with Gasteiger partial charge in [0.05, 0.1) is 16.8 Å². The number of thioether (sulfide) groups is 1. The maximum atomic E-state index is 13.9. The number of carbonyl (C=O) groups is 2. The molecule has 4 rings (SSSR count). The highest BCUT2D eigenvalue weighted by Gasteiger charge is 2.50. The zero-order chi connectivity index (χ0) is 30.7. The zero-order valence-electron chi connectivity index (χ0n) is 24.0. The number of aliphatic hydroxyl groups is 1. The molecule has 1 fully saturated rings. The van der Waals surface area contributed by atoms with Crippen molar-refractivity contribution in [1.82, 2.24) is 14.9 Å². The molecule has 3 aromatic carbocycles. The van der Waals surface area contributed by atoms with Crippen LogP contribution in [0.25, 0.3) is 0 Å². The summed E-state index contributed by atoms with van der Waals surface area (Å²) in [5, 5.41) is 14.7. The lowest BCUT2D eigenvalue weighted by Gasteiger charge is -2.33. The van der Waals surface area contributed by atoms with Gasteiger partial charge in [0.1, 0.15) is 12.1 Å². The monoisotopic (exact) mass is 629 g/mol. The van der Waals surface area contributed by atoms with Gasteiger partial charge in [-0.1, -0.05) is 72.3 Å². The fourth-order valence-electron chi connectivity index (χ4n) is 5.07. The molecule has 1 aliphatic heterocycles. The average Bonchev–Trinajstić information content (AvgIpc) is 3.27. The largest absolute Gasteiger partial charge is 0.382 e. The van der Waals surface area contributed by atoms with E-state index < -0.39 is 38.9 Å². The lowest BCUT2D eigenvalue weighted by molar-refractivity contribution is -0.147. The molecule has 1 saturated heterocycles. The van der Waals surface area contributed by atoms with Gasteiger partial charge in [0.25, 0.3) is 5.91 Å². The van der Waals surface area contributed by atoms with E-state index in [1.54, 1.807) is 37.3 Å². The SMILES string of the molecule is Cc1ccccc1CNC(=O)C1N(C(=O)C(O)C(Cc2ccccc2)NS(=O)(=O)c2cccc(Cl)c2C)CSC1(C)C. The Balaban J connectivity index is 1.60. The minimum absolute atomic E-state index is 0.0426. The molecule has 0 radical (unpaired) electrons. The number of nitrogens with zero attached hydrogens (tertiary/aromatic N) is 1. The van der Waals surface area contributed by atoms with Gasteiger partial charge >= 0.3 is 0 Å². The van der Waals surface area contributed by atoms with E-state index in [-0.39, 0.29) is 28.1 Å². The van der Waals surface area contributed by atoms with Crippen LogP contribution < -0.4 is 10.0 Å². The lowest BCUT2D eigenvalue weighted by atomic mass is 9.97. The van der Waals surface area contributed by atoms with Gasteiger partial charge in [0.15, 0.2) is 0 Å². The molecule has 8 nitrogen and oxygen atoms in total. The van der Waals surface area contributed by atoms with Crippen molar-refractivity contribution in [3.8, 4) is 0 Å². The van der Waals surface area contributed by atoms with Crippen LogP contribution in [0.4, 0.5) is 0 Å². The maximum Gasteiger partial charge on any atom is 0.254 e. The Morgan fingerprint density at radius 1 is 1.05 bits per heavy atom. The summed E-state index contributed by atoms with van der Waals surface area (Å²) in [6.07, 6.45) is -1.72. The first-order valence-electron chi connectivity index (χ1n) is 13.6. The Morgan fingerprint density at radius 3 is 2.40 bits per heavy atom. The molecule has 1 heterocycles. The van der Waals surface area contributed by atoms with Crippen LogP contribution in [0, 0.1) is 13.8 Å². The molecule has 3 atom stereocenters. The summed E-state index contributed by atoms with van der Waals surface area (Å²) in [4.78, 5) is 28.7. The second kappa shape index (κ2) is 13.2. The molecular formula is C31H36ClN3O5S2. The van der Waals surface area contributed by atoms with Crippen molar-refractivity contribution in [3.05, 3.63) is 100 Å². The van der Waals surface area contributed by atoms with Gasteiger partial charge in [0, 0.05) is 16.3 Å². The lowest BCUT2D eigenvalue weighted by Crippen LogP contribution is -2.58. The van der Waals surface area contributed by atoms with Crippen LogP contribution in [0.2, 0.25) is 5.02 Å². The highest BCUT2D eigenvalue weighted by Crippen LogP contribution is 2.40.